The number of anilines is 1. The number of carbonyl (C=O) groups is 2. The van der Waals surface area contributed by atoms with Crippen LogP contribution in [0.25, 0.3) is 10.6 Å². The third-order valence-corrected chi connectivity index (χ3v) is 7.10. The van der Waals surface area contributed by atoms with Crippen molar-refractivity contribution in [3.8, 4) is 22.1 Å². The molecule has 2 amide bonds. The molecule has 33 heavy (non-hydrogen) atoms. The van der Waals surface area contributed by atoms with Crippen LogP contribution in [0.3, 0.4) is 0 Å². The van der Waals surface area contributed by atoms with E-state index < -0.39 is 6.04 Å². The molecule has 1 aliphatic rings. The Morgan fingerprint density at radius 2 is 1.91 bits per heavy atom. The summed E-state index contributed by atoms with van der Waals surface area (Å²) in [6, 6.07) is 14.5. The zero-order chi connectivity index (χ0) is 23.2. The number of rotatable bonds is 9. The van der Waals surface area contributed by atoms with E-state index in [4.69, 9.17) is 9.47 Å². The number of benzene rings is 2. The van der Waals surface area contributed by atoms with Crippen molar-refractivity contribution >= 4 is 40.0 Å². The molecule has 10 heteroatoms. The molecule has 2 aromatic carbocycles. The van der Waals surface area contributed by atoms with Gasteiger partial charge in [-0.1, -0.05) is 49.8 Å². The second-order valence-corrected chi connectivity index (χ2v) is 9.53. The van der Waals surface area contributed by atoms with Gasteiger partial charge in [0.15, 0.2) is 11.5 Å². The van der Waals surface area contributed by atoms with Gasteiger partial charge < -0.3 is 14.8 Å². The minimum atomic E-state index is -0.670. The number of carbonyl (C=O) groups excluding carboxylic acids is 2. The highest BCUT2D eigenvalue weighted by atomic mass is 32.2. The molecule has 3 aromatic rings. The van der Waals surface area contributed by atoms with E-state index in [0.717, 1.165) is 16.9 Å². The first-order chi connectivity index (χ1) is 16.0. The average molecular weight is 485 g/mol. The van der Waals surface area contributed by atoms with E-state index in [9.17, 15) is 9.59 Å². The van der Waals surface area contributed by atoms with Gasteiger partial charge in [-0.15, -0.1) is 22.0 Å². The number of ether oxygens (including phenoxy) is 2. The summed E-state index contributed by atoms with van der Waals surface area (Å²) in [6.45, 7) is 4.12. The Bertz CT molecular complexity index is 1120. The van der Waals surface area contributed by atoms with Crippen LogP contribution < -0.4 is 20.1 Å². The van der Waals surface area contributed by atoms with E-state index in [1.165, 1.54) is 23.1 Å². The van der Waals surface area contributed by atoms with Crippen LogP contribution in [0.4, 0.5) is 5.13 Å². The van der Waals surface area contributed by atoms with Gasteiger partial charge >= 0.3 is 0 Å². The Morgan fingerprint density at radius 1 is 1.12 bits per heavy atom. The number of thioether (sulfide) groups is 1. The molecule has 2 N–H and O–H groups in total. The highest BCUT2D eigenvalue weighted by Crippen LogP contribution is 2.37. The lowest BCUT2D eigenvalue weighted by molar-refractivity contribution is -0.126. The van der Waals surface area contributed by atoms with Crippen LogP contribution in [-0.4, -0.2) is 40.6 Å². The van der Waals surface area contributed by atoms with Crippen molar-refractivity contribution in [2.75, 3.05) is 17.9 Å². The van der Waals surface area contributed by atoms with Crippen LogP contribution >= 0.6 is 23.1 Å². The Kier molecular flexibility index (Phi) is 7.46. The smallest absolute Gasteiger partial charge is 0.249 e. The summed E-state index contributed by atoms with van der Waals surface area (Å²) in [6.07, 6.45) is 0.739. The predicted octanol–water partition coefficient (Wildman–Crippen LogP) is 4.20. The van der Waals surface area contributed by atoms with Crippen LogP contribution in [0.2, 0.25) is 0 Å². The van der Waals surface area contributed by atoms with Crippen LogP contribution in [-0.2, 0) is 9.59 Å². The SMILES string of the molecule is CCC(C)C(NC(=O)CSc1ccccc1)C(=O)Nc1nnc(-c2ccc3c(c2)OCO3)s1. The van der Waals surface area contributed by atoms with Crippen molar-refractivity contribution in [2.24, 2.45) is 5.92 Å². The van der Waals surface area contributed by atoms with Crippen LogP contribution in [0, 0.1) is 5.92 Å². The van der Waals surface area contributed by atoms with E-state index in [1.807, 2.05) is 62.4 Å². The molecule has 2 unspecified atom stereocenters. The van der Waals surface area contributed by atoms with Gasteiger partial charge in [0.2, 0.25) is 23.7 Å². The van der Waals surface area contributed by atoms with Gasteiger partial charge in [-0.05, 0) is 36.2 Å². The lowest BCUT2D eigenvalue weighted by Gasteiger charge is -2.22. The highest BCUT2D eigenvalue weighted by molar-refractivity contribution is 8.00. The van der Waals surface area contributed by atoms with Crippen LogP contribution in [0.5, 0.6) is 11.5 Å². The highest BCUT2D eigenvalue weighted by Gasteiger charge is 2.27. The quantitative estimate of drug-likeness (QED) is 0.439. The summed E-state index contributed by atoms with van der Waals surface area (Å²) in [5.74, 6) is 1.03. The molecule has 2 heterocycles. The summed E-state index contributed by atoms with van der Waals surface area (Å²) in [7, 11) is 0. The monoisotopic (exact) mass is 484 g/mol. The summed E-state index contributed by atoms with van der Waals surface area (Å²) in [5.41, 5.74) is 0.821. The van der Waals surface area contributed by atoms with Gasteiger partial charge in [0.1, 0.15) is 11.0 Å². The number of nitrogens with one attached hydrogen (secondary N) is 2. The number of amides is 2. The average Bonchev–Trinajstić information content (AvgIpc) is 3.50. The summed E-state index contributed by atoms with van der Waals surface area (Å²) in [4.78, 5) is 26.5. The van der Waals surface area contributed by atoms with E-state index in [1.54, 1.807) is 0 Å². The standard InChI is InChI=1S/C23H24N4O4S2/c1-3-14(2)20(24-19(28)12-32-16-7-5-4-6-8-16)21(29)25-23-27-26-22(33-23)15-9-10-17-18(11-15)31-13-30-17/h4-11,14,20H,3,12-13H2,1-2H3,(H,24,28)(H,25,27,29). The van der Waals surface area contributed by atoms with Gasteiger partial charge in [-0.25, -0.2) is 0 Å². The second-order valence-electron chi connectivity index (χ2n) is 7.50. The predicted molar refractivity (Wildman–Crippen MR) is 129 cm³/mol. The van der Waals surface area contributed by atoms with Crippen LogP contribution in [0.15, 0.2) is 53.4 Å². The first-order valence-corrected chi connectivity index (χ1v) is 12.3. The second kappa shape index (κ2) is 10.7. The first kappa shape index (κ1) is 23.1. The molecule has 1 aromatic heterocycles. The zero-order valence-electron chi connectivity index (χ0n) is 18.2. The third-order valence-electron chi connectivity index (χ3n) is 5.20. The minimum Gasteiger partial charge on any atom is -0.454 e. The fraction of sp³-hybridized carbons (Fsp3) is 0.304. The number of aromatic nitrogens is 2. The molecule has 4 rings (SSSR count). The van der Waals surface area contributed by atoms with E-state index >= 15 is 0 Å². The Morgan fingerprint density at radius 3 is 2.70 bits per heavy atom. The first-order valence-electron chi connectivity index (χ1n) is 10.5. The van der Waals surface area contributed by atoms with Crippen molar-refractivity contribution in [1.29, 1.82) is 0 Å². The van der Waals surface area contributed by atoms with Crippen molar-refractivity contribution in [1.82, 2.24) is 15.5 Å². The van der Waals surface area contributed by atoms with E-state index in [0.29, 0.717) is 21.6 Å². The summed E-state index contributed by atoms with van der Waals surface area (Å²) in [5, 5.41) is 15.0. The maximum absolute atomic E-state index is 13.0. The number of hydrogen-bond donors (Lipinski definition) is 2. The van der Waals surface area contributed by atoms with Gasteiger partial charge in [0, 0.05) is 10.5 Å². The van der Waals surface area contributed by atoms with Crippen molar-refractivity contribution in [3.63, 3.8) is 0 Å². The van der Waals surface area contributed by atoms with Crippen molar-refractivity contribution < 1.29 is 19.1 Å². The lowest BCUT2D eigenvalue weighted by atomic mass is 9.98. The fourth-order valence-corrected chi connectivity index (χ4v) is 4.66. The molecule has 2 atom stereocenters. The molecule has 0 spiro atoms. The summed E-state index contributed by atoms with van der Waals surface area (Å²) < 4.78 is 10.7. The molecule has 1 aliphatic heterocycles. The van der Waals surface area contributed by atoms with Crippen molar-refractivity contribution in [3.05, 3.63) is 48.5 Å². The maximum Gasteiger partial charge on any atom is 0.249 e. The molecule has 0 saturated carbocycles. The molecule has 172 valence electrons. The van der Waals surface area contributed by atoms with Gasteiger partial charge in [0.05, 0.1) is 5.75 Å². The van der Waals surface area contributed by atoms with Crippen molar-refractivity contribution in [2.45, 2.75) is 31.2 Å². The maximum atomic E-state index is 13.0. The normalized spacial score (nSPS) is 13.9. The molecule has 0 saturated heterocycles. The van der Waals surface area contributed by atoms with E-state index in [2.05, 4.69) is 20.8 Å². The number of nitrogens with zero attached hydrogens (tertiary/aromatic N) is 2. The molecule has 0 bridgehead atoms. The van der Waals surface area contributed by atoms with E-state index in [-0.39, 0.29) is 30.3 Å². The molecule has 0 aliphatic carbocycles. The Labute approximate surface area is 200 Å². The molecular weight excluding hydrogens is 460 g/mol. The summed E-state index contributed by atoms with van der Waals surface area (Å²) >= 11 is 2.69. The number of hydrogen-bond acceptors (Lipinski definition) is 8. The topological polar surface area (TPSA) is 102 Å². The Hall–Kier alpha value is -3.11. The Balaban J connectivity index is 1.38. The van der Waals surface area contributed by atoms with Gasteiger partial charge in [-0.3, -0.25) is 14.9 Å². The van der Waals surface area contributed by atoms with Gasteiger partial charge in [-0.2, -0.15) is 0 Å². The molecular formula is C23H24N4O4S2. The minimum absolute atomic E-state index is 0.0445. The van der Waals surface area contributed by atoms with Gasteiger partial charge in [0.25, 0.3) is 0 Å². The zero-order valence-corrected chi connectivity index (χ0v) is 19.9. The third kappa shape index (κ3) is 5.82. The van der Waals surface area contributed by atoms with Crippen LogP contribution in [0.1, 0.15) is 20.3 Å². The number of fused-ring (bicyclic) bond motifs is 1. The fourth-order valence-electron chi connectivity index (χ4n) is 3.19. The molecule has 8 nitrogen and oxygen atoms in total. The molecule has 0 fully saturated rings. The molecule has 0 radical (unpaired) electrons. The lowest BCUT2D eigenvalue weighted by Crippen LogP contribution is -2.48. The largest absolute Gasteiger partial charge is 0.454 e.